The molecule has 4 heteroatoms. The third-order valence-electron chi connectivity index (χ3n) is 6.07. The molecule has 138 valence electrons. The predicted octanol–water partition coefficient (Wildman–Crippen LogP) is 3.87. The molecule has 2 aromatic carbocycles. The van der Waals surface area contributed by atoms with E-state index in [0.29, 0.717) is 6.54 Å². The van der Waals surface area contributed by atoms with Crippen molar-refractivity contribution < 1.29 is 4.79 Å². The molecule has 0 aromatic heterocycles. The molecule has 1 heterocycles. The fraction of sp³-hybridized carbons (Fsp3) is 0.409. The fourth-order valence-electron chi connectivity index (χ4n) is 4.71. The van der Waals surface area contributed by atoms with Crippen LogP contribution in [-0.4, -0.2) is 29.9 Å². The van der Waals surface area contributed by atoms with Crippen LogP contribution in [0.25, 0.3) is 0 Å². The highest BCUT2D eigenvalue weighted by molar-refractivity contribution is 5.89. The largest absolute Gasteiger partial charge is 0.340 e. The van der Waals surface area contributed by atoms with Crippen molar-refractivity contribution in [2.45, 2.75) is 43.1 Å². The minimum absolute atomic E-state index is 0. The normalized spacial score (nSPS) is 24.3. The second kappa shape index (κ2) is 7.81. The van der Waals surface area contributed by atoms with Crippen LogP contribution in [0.5, 0.6) is 0 Å². The third-order valence-corrected chi connectivity index (χ3v) is 6.07. The summed E-state index contributed by atoms with van der Waals surface area (Å²) in [6.45, 7) is 1.39. The molecule has 0 spiro atoms. The number of nitrogens with two attached hydrogens (primary N) is 1. The quantitative estimate of drug-likeness (QED) is 0.891. The molecule has 0 unspecified atom stereocenters. The standard InChI is InChI=1S/C22H26N2O.ClH/c23-20-16-24(15-19(20)17-9-3-1-4-10-17)21(25)22(13-7-8-14-22)18-11-5-2-6-12-18;/h1-6,9-12,19-20H,7-8,13-16,23H2;1H/t19-,20+;/m0./s1. The van der Waals surface area contributed by atoms with Crippen molar-refractivity contribution in [1.29, 1.82) is 0 Å². The molecule has 2 aliphatic rings. The van der Waals surface area contributed by atoms with Crippen LogP contribution in [0, 0.1) is 0 Å². The second-order valence-corrected chi connectivity index (χ2v) is 7.55. The van der Waals surface area contributed by atoms with Crippen LogP contribution < -0.4 is 5.73 Å². The van der Waals surface area contributed by atoms with Crippen LogP contribution in [0.15, 0.2) is 60.7 Å². The Labute approximate surface area is 162 Å². The Hall–Kier alpha value is -1.84. The molecule has 0 bridgehead atoms. The third kappa shape index (κ3) is 3.26. The molecule has 2 N–H and O–H groups in total. The Kier molecular flexibility index (Phi) is 5.69. The summed E-state index contributed by atoms with van der Waals surface area (Å²) in [4.78, 5) is 15.6. The lowest BCUT2D eigenvalue weighted by atomic mass is 9.77. The molecule has 3 nitrogen and oxygen atoms in total. The summed E-state index contributed by atoms with van der Waals surface area (Å²) < 4.78 is 0. The molecule has 2 aromatic rings. The van der Waals surface area contributed by atoms with E-state index in [0.717, 1.165) is 32.2 Å². The predicted molar refractivity (Wildman–Crippen MR) is 108 cm³/mol. The number of rotatable bonds is 3. The van der Waals surface area contributed by atoms with Gasteiger partial charge in [0, 0.05) is 25.0 Å². The van der Waals surface area contributed by atoms with Gasteiger partial charge >= 0.3 is 0 Å². The highest BCUT2D eigenvalue weighted by Crippen LogP contribution is 2.43. The van der Waals surface area contributed by atoms with Gasteiger partial charge < -0.3 is 10.6 Å². The number of halogens is 1. The van der Waals surface area contributed by atoms with Crippen LogP contribution >= 0.6 is 12.4 Å². The Morgan fingerprint density at radius 2 is 1.50 bits per heavy atom. The van der Waals surface area contributed by atoms with E-state index in [4.69, 9.17) is 5.73 Å². The van der Waals surface area contributed by atoms with E-state index in [1.54, 1.807) is 0 Å². The molecule has 4 rings (SSSR count). The van der Waals surface area contributed by atoms with Gasteiger partial charge in [0.05, 0.1) is 5.41 Å². The van der Waals surface area contributed by atoms with Crippen molar-refractivity contribution in [3.05, 3.63) is 71.8 Å². The topological polar surface area (TPSA) is 46.3 Å². The molecular formula is C22H27ClN2O. The van der Waals surface area contributed by atoms with E-state index in [9.17, 15) is 4.79 Å². The van der Waals surface area contributed by atoms with E-state index < -0.39 is 0 Å². The number of nitrogens with zero attached hydrogens (tertiary/aromatic N) is 1. The zero-order valence-electron chi connectivity index (χ0n) is 15.0. The molecule has 1 aliphatic heterocycles. The smallest absolute Gasteiger partial charge is 0.233 e. The van der Waals surface area contributed by atoms with E-state index in [2.05, 4.69) is 36.4 Å². The zero-order valence-corrected chi connectivity index (χ0v) is 15.8. The number of hydrogen-bond donors (Lipinski definition) is 1. The molecule has 2 fully saturated rings. The number of likely N-dealkylation sites (tertiary alicyclic amines) is 1. The van der Waals surface area contributed by atoms with Gasteiger partial charge in [-0.15, -0.1) is 12.4 Å². The zero-order chi connectivity index (χ0) is 17.3. The van der Waals surface area contributed by atoms with Gasteiger partial charge in [0.2, 0.25) is 5.91 Å². The molecule has 1 aliphatic carbocycles. The summed E-state index contributed by atoms with van der Waals surface area (Å²) in [7, 11) is 0. The van der Waals surface area contributed by atoms with Crippen molar-refractivity contribution >= 4 is 18.3 Å². The molecular weight excluding hydrogens is 344 g/mol. The SMILES string of the molecule is Cl.N[C@@H]1CN(C(=O)C2(c3ccccc3)CCCC2)C[C@H]1c1ccccc1. The van der Waals surface area contributed by atoms with Gasteiger partial charge in [0.1, 0.15) is 0 Å². The average molecular weight is 371 g/mol. The highest BCUT2D eigenvalue weighted by atomic mass is 35.5. The van der Waals surface area contributed by atoms with E-state index >= 15 is 0 Å². The van der Waals surface area contributed by atoms with E-state index in [1.807, 2.05) is 29.2 Å². The molecule has 1 saturated heterocycles. The van der Waals surface area contributed by atoms with Crippen molar-refractivity contribution in [2.24, 2.45) is 5.73 Å². The second-order valence-electron chi connectivity index (χ2n) is 7.55. The summed E-state index contributed by atoms with van der Waals surface area (Å²) in [6.07, 6.45) is 4.17. The van der Waals surface area contributed by atoms with Crippen LogP contribution in [0.2, 0.25) is 0 Å². The summed E-state index contributed by atoms with van der Waals surface area (Å²) in [5.74, 6) is 0.518. The maximum atomic E-state index is 13.6. The Morgan fingerprint density at radius 3 is 2.12 bits per heavy atom. The summed E-state index contributed by atoms with van der Waals surface area (Å²) >= 11 is 0. The minimum atomic E-state index is -0.341. The molecule has 26 heavy (non-hydrogen) atoms. The maximum absolute atomic E-state index is 13.6. The molecule has 0 radical (unpaired) electrons. The Morgan fingerprint density at radius 1 is 0.923 bits per heavy atom. The first kappa shape index (κ1) is 18.9. The van der Waals surface area contributed by atoms with Crippen LogP contribution in [-0.2, 0) is 10.2 Å². The van der Waals surface area contributed by atoms with Crippen LogP contribution in [0.1, 0.15) is 42.7 Å². The molecule has 1 saturated carbocycles. The van der Waals surface area contributed by atoms with Crippen molar-refractivity contribution in [3.63, 3.8) is 0 Å². The van der Waals surface area contributed by atoms with Crippen molar-refractivity contribution in [2.75, 3.05) is 13.1 Å². The first-order valence-corrected chi connectivity index (χ1v) is 9.36. The summed E-state index contributed by atoms with van der Waals surface area (Å²) in [6, 6.07) is 20.7. The number of hydrogen-bond acceptors (Lipinski definition) is 2. The maximum Gasteiger partial charge on any atom is 0.233 e. The molecule has 2 atom stereocenters. The number of amides is 1. The Balaban J connectivity index is 0.00000196. The van der Waals surface area contributed by atoms with Crippen molar-refractivity contribution in [1.82, 2.24) is 4.90 Å². The van der Waals surface area contributed by atoms with E-state index in [1.165, 1.54) is 11.1 Å². The van der Waals surface area contributed by atoms with E-state index in [-0.39, 0.29) is 35.7 Å². The van der Waals surface area contributed by atoms with Crippen LogP contribution in [0.3, 0.4) is 0 Å². The van der Waals surface area contributed by atoms with Gasteiger partial charge in [-0.25, -0.2) is 0 Å². The first-order chi connectivity index (χ1) is 12.2. The number of carbonyl (C=O) groups excluding carboxylic acids is 1. The highest BCUT2D eigenvalue weighted by Gasteiger charge is 2.47. The summed E-state index contributed by atoms with van der Waals surface area (Å²) in [5.41, 5.74) is 8.50. The van der Waals surface area contributed by atoms with Gasteiger partial charge in [-0.3, -0.25) is 4.79 Å². The van der Waals surface area contributed by atoms with Gasteiger partial charge in [0.15, 0.2) is 0 Å². The van der Waals surface area contributed by atoms with Crippen molar-refractivity contribution in [3.8, 4) is 0 Å². The average Bonchev–Trinajstić information content (AvgIpc) is 3.30. The summed E-state index contributed by atoms with van der Waals surface area (Å²) in [5, 5.41) is 0. The Bertz CT molecular complexity index is 728. The lowest BCUT2D eigenvalue weighted by molar-refractivity contribution is -0.136. The lowest BCUT2D eigenvalue weighted by Crippen LogP contribution is -2.45. The number of benzene rings is 2. The minimum Gasteiger partial charge on any atom is -0.340 e. The van der Waals surface area contributed by atoms with Gasteiger partial charge in [-0.05, 0) is 24.0 Å². The molecule has 1 amide bonds. The van der Waals surface area contributed by atoms with Crippen LogP contribution in [0.4, 0.5) is 0 Å². The van der Waals surface area contributed by atoms with Gasteiger partial charge in [-0.1, -0.05) is 73.5 Å². The monoisotopic (exact) mass is 370 g/mol. The fourth-order valence-corrected chi connectivity index (χ4v) is 4.71. The van der Waals surface area contributed by atoms with Gasteiger partial charge in [-0.2, -0.15) is 0 Å². The van der Waals surface area contributed by atoms with Gasteiger partial charge in [0.25, 0.3) is 0 Å². The first-order valence-electron chi connectivity index (χ1n) is 9.36. The lowest BCUT2D eigenvalue weighted by Gasteiger charge is -2.33. The number of carbonyl (C=O) groups is 1.